The number of fused-ring (bicyclic) bond motifs is 1. The molecular formula is C22H18F6N6OS. The summed E-state index contributed by atoms with van der Waals surface area (Å²) in [4.78, 5) is 17.3. The van der Waals surface area contributed by atoms with Gasteiger partial charge >= 0.3 is 12.4 Å². The average Bonchev–Trinajstić information content (AvgIpc) is 3.20. The molecule has 0 saturated heterocycles. The third-order valence-electron chi connectivity index (χ3n) is 5.65. The Balaban J connectivity index is 1.29. The number of aromatic nitrogens is 5. The largest absolute Gasteiger partial charge is 0.435 e. The van der Waals surface area contributed by atoms with Gasteiger partial charge in [0.2, 0.25) is 0 Å². The van der Waals surface area contributed by atoms with E-state index in [9.17, 15) is 31.1 Å². The standard InChI is InChI=1S/C22H18F6N6OS/c23-21(24,25)17-11-15(12-4-5-12)33(32-17)7-2-6-29-20(35)14-10-19-30-13(16-3-1-8-36-16)9-18(22(26,27)28)34(19)31-14/h1,3,8-12H,2,4-7H2,(H,29,35). The summed E-state index contributed by atoms with van der Waals surface area (Å²) in [5.74, 6) is -0.666. The van der Waals surface area contributed by atoms with E-state index >= 15 is 0 Å². The third-order valence-corrected chi connectivity index (χ3v) is 6.55. The zero-order valence-corrected chi connectivity index (χ0v) is 19.2. The molecule has 0 bridgehead atoms. The molecule has 1 amide bonds. The predicted octanol–water partition coefficient (Wildman–Crippen LogP) is 5.39. The molecule has 0 aromatic carbocycles. The van der Waals surface area contributed by atoms with Gasteiger partial charge in [-0.15, -0.1) is 11.3 Å². The molecule has 0 unspecified atom stereocenters. The molecule has 14 heteroatoms. The van der Waals surface area contributed by atoms with Crippen molar-refractivity contribution >= 4 is 22.9 Å². The van der Waals surface area contributed by atoms with E-state index in [1.54, 1.807) is 17.5 Å². The van der Waals surface area contributed by atoms with E-state index in [0.717, 1.165) is 31.0 Å². The number of alkyl halides is 6. The summed E-state index contributed by atoms with van der Waals surface area (Å²) in [5, 5.41) is 11.7. The Morgan fingerprint density at radius 2 is 1.86 bits per heavy atom. The molecule has 0 atom stereocenters. The molecule has 1 aliphatic carbocycles. The maximum absolute atomic E-state index is 13.7. The minimum atomic E-state index is -4.73. The molecular weight excluding hydrogens is 510 g/mol. The van der Waals surface area contributed by atoms with E-state index in [4.69, 9.17) is 0 Å². The van der Waals surface area contributed by atoms with Gasteiger partial charge in [0.15, 0.2) is 22.7 Å². The monoisotopic (exact) mass is 528 g/mol. The molecule has 0 radical (unpaired) electrons. The molecule has 4 aromatic heterocycles. The Morgan fingerprint density at radius 1 is 1.08 bits per heavy atom. The molecule has 4 aromatic rings. The zero-order valence-electron chi connectivity index (χ0n) is 18.4. The first kappa shape index (κ1) is 24.3. The second-order valence-electron chi connectivity index (χ2n) is 8.36. The number of carbonyl (C=O) groups is 1. The molecule has 5 rings (SSSR count). The van der Waals surface area contributed by atoms with Gasteiger partial charge in [-0.25, -0.2) is 9.50 Å². The lowest BCUT2D eigenvalue weighted by Crippen LogP contribution is -2.26. The van der Waals surface area contributed by atoms with Crippen LogP contribution in [0, 0.1) is 0 Å². The van der Waals surface area contributed by atoms with Crippen LogP contribution in [0.1, 0.15) is 52.8 Å². The maximum atomic E-state index is 13.7. The predicted molar refractivity (Wildman–Crippen MR) is 117 cm³/mol. The highest BCUT2D eigenvalue weighted by atomic mass is 32.1. The number of rotatable bonds is 7. The van der Waals surface area contributed by atoms with Gasteiger partial charge in [0.25, 0.3) is 5.91 Å². The normalized spacial score (nSPS) is 14.5. The third kappa shape index (κ3) is 4.94. The molecule has 1 saturated carbocycles. The van der Waals surface area contributed by atoms with E-state index in [0.29, 0.717) is 15.1 Å². The van der Waals surface area contributed by atoms with Crippen molar-refractivity contribution in [1.82, 2.24) is 29.7 Å². The number of aryl methyl sites for hydroxylation is 1. The summed E-state index contributed by atoms with van der Waals surface area (Å²) in [7, 11) is 0. The van der Waals surface area contributed by atoms with Gasteiger partial charge < -0.3 is 5.32 Å². The van der Waals surface area contributed by atoms with Crippen LogP contribution in [0.15, 0.2) is 35.7 Å². The lowest BCUT2D eigenvalue weighted by molar-refractivity contribution is -0.143. The van der Waals surface area contributed by atoms with E-state index in [2.05, 4.69) is 20.5 Å². The summed E-state index contributed by atoms with van der Waals surface area (Å²) in [5.41, 5.74) is -1.78. The molecule has 36 heavy (non-hydrogen) atoms. The average molecular weight is 528 g/mol. The molecule has 1 fully saturated rings. The lowest BCUT2D eigenvalue weighted by Gasteiger charge is -2.10. The van der Waals surface area contributed by atoms with E-state index in [1.807, 2.05) is 0 Å². The van der Waals surface area contributed by atoms with Crippen LogP contribution in [0.5, 0.6) is 0 Å². The van der Waals surface area contributed by atoms with Gasteiger partial charge in [-0.1, -0.05) is 6.07 Å². The summed E-state index contributed by atoms with van der Waals surface area (Å²) in [6.07, 6.45) is -7.40. The van der Waals surface area contributed by atoms with Gasteiger partial charge in [0.1, 0.15) is 0 Å². The Bertz CT molecular complexity index is 1400. The molecule has 1 aliphatic rings. The van der Waals surface area contributed by atoms with Crippen LogP contribution in [0.3, 0.4) is 0 Å². The topological polar surface area (TPSA) is 77.1 Å². The molecule has 0 aliphatic heterocycles. The molecule has 0 spiro atoms. The molecule has 1 N–H and O–H groups in total. The molecule has 190 valence electrons. The summed E-state index contributed by atoms with van der Waals surface area (Å²) >= 11 is 1.23. The van der Waals surface area contributed by atoms with Gasteiger partial charge in [0.05, 0.1) is 10.6 Å². The van der Waals surface area contributed by atoms with Crippen molar-refractivity contribution in [3.63, 3.8) is 0 Å². The van der Waals surface area contributed by atoms with Crippen LogP contribution in [-0.4, -0.2) is 36.8 Å². The fourth-order valence-corrected chi connectivity index (χ4v) is 4.50. The summed E-state index contributed by atoms with van der Waals surface area (Å²) < 4.78 is 82.0. The molecule has 4 heterocycles. The number of nitrogens with zero attached hydrogens (tertiary/aromatic N) is 5. The van der Waals surface area contributed by atoms with Crippen molar-refractivity contribution < 1.29 is 31.1 Å². The van der Waals surface area contributed by atoms with Crippen LogP contribution in [-0.2, 0) is 18.9 Å². The van der Waals surface area contributed by atoms with Crippen LogP contribution in [0.2, 0.25) is 0 Å². The number of amides is 1. The zero-order chi connectivity index (χ0) is 25.7. The van der Waals surface area contributed by atoms with Gasteiger partial charge in [-0.3, -0.25) is 9.48 Å². The highest BCUT2D eigenvalue weighted by Gasteiger charge is 2.38. The number of carbonyl (C=O) groups excluding carboxylic acids is 1. The fraction of sp³-hybridized carbons (Fsp3) is 0.364. The van der Waals surface area contributed by atoms with Crippen molar-refractivity contribution in [2.45, 2.75) is 44.1 Å². The lowest BCUT2D eigenvalue weighted by atomic mass is 10.2. The Kier molecular flexibility index (Phi) is 6.01. The minimum absolute atomic E-state index is 0.0514. The van der Waals surface area contributed by atoms with Crippen LogP contribution >= 0.6 is 11.3 Å². The van der Waals surface area contributed by atoms with Gasteiger partial charge in [-0.2, -0.15) is 36.5 Å². The number of hydrogen-bond donors (Lipinski definition) is 1. The molecule has 7 nitrogen and oxygen atoms in total. The summed E-state index contributed by atoms with van der Waals surface area (Å²) in [6.45, 7) is 0.218. The van der Waals surface area contributed by atoms with Crippen molar-refractivity contribution in [1.29, 1.82) is 0 Å². The number of halogens is 6. The van der Waals surface area contributed by atoms with E-state index in [1.165, 1.54) is 16.0 Å². The number of hydrogen-bond acceptors (Lipinski definition) is 5. The maximum Gasteiger partial charge on any atom is 0.435 e. The second-order valence-corrected chi connectivity index (χ2v) is 9.31. The van der Waals surface area contributed by atoms with E-state index in [-0.39, 0.29) is 42.5 Å². The second kappa shape index (κ2) is 8.91. The first-order valence-electron chi connectivity index (χ1n) is 11.0. The minimum Gasteiger partial charge on any atom is -0.351 e. The fourth-order valence-electron chi connectivity index (χ4n) is 3.82. The smallest absolute Gasteiger partial charge is 0.351 e. The quantitative estimate of drug-likeness (QED) is 0.258. The highest BCUT2D eigenvalue weighted by Crippen LogP contribution is 2.42. The summed E-state index contributed by atoms with van der Waals surface area (Å²) in [6, 6.07) is 6.43. The van der Waals surface area contributed by atoms with Crippen molar-refractivity contribution in [2.75, 3.05) is 6.54 Å². The first-order valence-corrected chi connectivity index (χ1v) is 11.8. The van der Waals surface area contributed by atoms with Crippen molar-refractivity contribution in [3.8, 4) is 10.6 Å². The SMILES string of the molecule is O=C(NCCCn1nc(C(F)(F)F)cc1C1CC1)c1cc2nc(-c3cccs3)cc(C(F)(F)F)n2n1. The van der Waals surface area contributed by atoms with Crippen LogP contribution in [0.25, 0.3) is 16.2 Å². The Hall–Kier alpha value is -3.42. The van der Waals surface area contributed by atoms with Crippen molar-refractivity contribution in [3.05, 3.63) is 58.5 Å². The van der Waals surface area contributed by atoms with E-state index < -0.39 is 29.6 Å². The van der Waals surface area contributed by atoms with Crippen LogP contribution in [0.4, 0.5) is 26.3 Å². The Morgan fingerprint density at radius 3 is 2.50 bits per heavy atom. The van der Waals surface area contributed by atoms with Crippen molar-refractivity contribution in [2.24, 2.45) is 0 Å². The van der Waals surface area contributed by atoms with Crippen LogP contribution < -0.4 is 5.32 Å². The van der Waals surface area contributed by atoms with Gasteiger partial charge in [-0.05, 0) is 42.8 Å². The number of nitrogens with one attached hydrogen (secondary N) is 1. The Labute approximate surface area is 203 Å². The number of thiophene rings is 1. The van der Waals surface area contributed by atoms with Gasteiger partial charge in [0, 0.05) is 30.8 Å². The first-order chi connectivity index (χ1) is 17.0. The highest BCUT2D eigenvalue weighted by molar-refractivity contribution is 7.13.